The van der Waals surface area contributed by atoms with Crippen LogP contribution in [0.15, 0.2) is 40.3 Å². The Morgan fingerprint density at radius 3 is 2.77 bits per heavy atom. The number of thiophene rings is 1. The van der Waals surface area contributed by atoms with Crippen LogP contribution in [0, 0.1) is 0 Å². The summed E-state index contributed by atoms with van der Waals surface area (Å²) in [6.07, 6.45) is 4.19. The lowest BCUT2D eigenvalue weighted by atomic mass is 9.97. The number of aliphatic carboxylic acids is 1. The molecule has 0 aliphatic heterocycles. The number of carboxylic acids is 1. The first kappa shape index (κ1) is 17.3. The first-order valence-corrected chi connectivity index (χ1v) is 10.4. The number of nitrogens with zero attached hydrogens (tertiary/aromatic N) is 2. The zero-order valence-electron chi connectivity index (χ0n) is 14.1. The molecule has 134 valence electrons. The SMILES string of the molecule is O=C(O)CSc1nc2sc3c(c2c(=O)n1Cc1ccccc1)CCCC3. The summed E-state index contributed by atoms with van der Waals surface area (Å²) in [7, 11) is 0. The minimum Gasteiger partial charge on any atom is -0.481 e. The number of fused-ring (bicyclic) bond motifs is 3. The number of aryl methyl sites for hydroxylation is 2. The lowest BCUT2D eigenvalue weighted by Crippen LogP contribution is -2.24. The molecular formula is C19H18N2O3S2. The molecule has 3 aromatic rings. The van der Waals surface area contributed by atoms with Crippen molar-refractivity contribution >= 4 is 39.3 Å². The van der Waals surface area contributed by atoms with Gasteiger partial charge in [-0.25, -0.2) is 4.98 Å². The monoisotopic (exact) mass is 386 g/mol. The molecule has 7 heteroatoms. The Kier molecular flexibility index (Phi) is 4.82. The van der Waals surface area contributed by atoms with E-state index in [1.165, 1.54) is 4.88 Å². The van der Waals surface area contributed by atoms with Crippen molar-refractivity contribution < 1.29 is 9.90 Å². The van der Waals surface area contributed by atoms with Gasteiger partial charge in [-0.1, -0.05) is 42.1 Å². The maximum absolute atomic E-state index is 13.3. The van der Waals surface area contributed by atoms with Gasteiger partial charge in [-0.15, -0.1) is 11.3 Å². The second-order valence-corrected chi connectivity index (χ2v) is 8.37. The molecule has 2 heterocycles. The Morgan fingerprint density at radius 2 is 2.00 bits per heavy atom. The van der Waals surface area contributed by atoms with Crippen LogP contribution in [0.4, 0.5) is 0 Å². The maximum atomic E-state index is 13.3. The van der Waals surface area contributed by atoms with Gasteiger partial charge >= 0.3 is 5.97 Å². The summed E-state index contributed by atoms with van der Waals surface area (Å²) in [6, 6.07) is 9.73. The molecular weight excluding hydrogens is 368 g/mol. The molecule has 0 atom stereocenters. The number of hydrogen-bond acceptors (Lipinski definition) is 5. The first-order chi connectivity index (χ1) is 12.6. The molecule has 2 aromatic heterocycles. The van der Waals surface area contributed by atoms with Crippen LogP contribution in [0.5, 0.6) is 0 Å². The number of benzene rings is 1. The Bertz CT molecular complexity index is 1020. The molecule has 0 fully saturated rings. The van der Waals surface area contributed by atoms with Gasteiger partial charge < -0.3 is 5.11 Å². The second-order valence-electron chi connectivity index (χ2n) is 6.34. The van der Waals surface area contributed by atoms with Crippen molar-refractivity contribution in [3.05, 3.63) is 56.7 Å². The molecule has 0 bridgehead atoms. The molecule has 26 heavy (non-hydrogen) atoms. The van der Waals surface area contributed by atoms with Crippen LogP contribution in [-0.4, -0.2) is 26.4 Å². The van der Waals surface area contributed by atoms with E-state index in [0.29, 0.717) is 11.7 Å². The summed E-state index contributed by atoms with van der Waals surface area (Å²) in [4.78, 5) is 31.0. The van der Waals surface area contributed by atoms with E-state index in [1.807, 2.05) is 30.3 Å². The average Bonchev–Trinajstić information content (AvgIpc) is 3.02. The summed E-state index contributed by atoms with van der Waals surface area (Å²) in [6.45, 7) is 0.398. The van der Waals surface area contributed by atoms with E-state index in [2.05, 4.69) is 0 Å². The molecule has 0 spiro atoms. The summed E-state index contributed by atoms with van der Waals surface area (Å²) in [5, 5.41) is 10.3. The fourth-order valence-electron chi connectivity index (χ4n) is 3.36. The zero-order chi connectivity index (χ0) is 18.1. The van der Waals surface area contributed by atoms with Crippen LogP contribution in [0.25, 0.3) is 10.2 Å². The highest BCUT2D eigenvalue weighted by molar-refractivity contribution is 7.99. The van der Waals surface area contributed by atoms with Crippen molar-refractivity contribution in [1.29, 1.82) is 0 Å². The molecule has 0 saturated heterocycles. The van der Waals surface area contributed by atoms with Crippen LogP contribution >= 0.6 is 23.1 Å². The van der Waals surface area contributed by atoms with E-state index >= 15 is 0 Å². The van der Waals surface area contributed by atoms with Gasteiger partial charge in [-0.3, -0.25) is 14.2 Å². The van der Waals surface area contributed by atoms with Gasteiger partial charge in [0.1, 0.15) is 4.83 Å². The van der Waals surface area contributed by atoms with Gasteiger partial charge in [0.2, 0.25) is 0 Å². The van der Waals surface area contributed by atoms with Crippen molar-refractivity contribution in [2.24, 2.45) is 0 Å². The van der Waals surface area contributed by atoms with Crippen LogP contribution in [0.1, 0.15) is 28.8 Å². The third-order valence-electron chi connectivity index (χ3n) is 4.55. The Morgan fingerprint density at radius 1 is 1.23 bits per heavy atom. The molecule has 0 saturated carbocycles. The highest BCUT2D eigenvalue weighted by Crippen LogP contribution is 2.34. The van der Waals surface area contributed by atoms with E-state index < -0.39 is 5.97 Å². The van der Waals surface area contributed by atoms with Crippen molar-refractivity contribution in [1.82, 2.24) is 9.55 Å². The lowest BCUT2D eigenvalue weighted by Gasteiger charge is -2.13. The van der Waals surface area contributed by atoms with Crippen molar-refractivity contribution in [3.8, 4) is 0 Å². The van der Waals surface area contributed by atoms with E-state index in [-0.39, 0.29) is 11.3 Å². The quantitative estimate of drug-likeness (QED) is 0.536. The standard InChI is InChI=1S/C19H18N2O3S2/c22-15(23)11-25-19-20-17-16(13-8-4-5-9-14(13)26-17)18(24)21(19)10-12-6-2-1-3-7-12/h1-3,6-7H,4-5,8-11H2,(H,22,23). The van der Waals surface area contributed by atoms with Gasteiger partial charge in [0.15, 0.2) is 5.16 Å². The fourth-order valence-corrected chi connectivity index (χ4v) is 5.38. The van der Waals surface area contributed by atoms with Crippen molar-refractivity contribution in [2.75, 3.05) is 5.75 Å². The fraction of sp³-hybridized carbons (Fsp3) is 0.316. The highest BCUT2D eigenvalue weighted by Gasteiger charge is 2.22. The average molecular weight is 386 g/mol. The number of hydrogen-bond donors (Lipinski definition) is 1. The predicted molar refractivity (Wildman–Crippen MR) is 104 cm³/mol. The predicted octanol–water partition coefficient (Wildman–Crippen LogP) is 3.56. The topological polar surface area (TPSA) is 72.2 Å². The molecule has 1 aromatic carbocycles. The third kappa shape index (κ3) is 3.29. The van der Waals surface area contributed by atoms with Gasteiger partial charge in [-0.2, -0.15) is 0 Å². The number of rotatable bonds is 5. The summed E-state index contributed by atoms with van der Waals surface area (Å²) >= 11 is 2.70. The Balaban J connectivity index is 1.87. The van der Waals surface area contributed by atoms with E-state index in [0.717, 1.165) is 58.8 Å². The van der Waals surface area contributed by atoms with Crippen LogP contribution in [0.2, 0.25) is 0 Å². The molecule has 1 aliphatic carbocycles. The Hall–Kier alpha value is -2.12. The molecule has 1 N–H and O–H groups in total. The molecule has 0 amide bonds. The normalized spacial score (nSPS) is 13.7. The lowest BCUT2D eigenvalue weighted by molar-refractivity contribution is -0.133. The Labute approximate surface area is 158 Å². The second kappa shape index (κ2) is 7.25. The number of carboxylic acid groups (broad SMARTS) is 1. The molecule has 0 radical (unpaired) electrons. The van der Waals surface area contributed by atoms with Gasteiger partial charge in [0.25, 0.3) is 5.56 Å². The molecule has 4 rings (SSSR count). The minimum atomic E-state index is -0.916. The summed E-state index contributed by atoms with van der Waals surface area (Å²) in [5.41, 5.74) is 2.11. The minimum absolute atomic E-state index is 0.0499. The van der Waals surface area contributed by atoms with E-state index in [4.69, 9.17) is 10.1 Å². The van der Waals surface area contributed by atoms with Gasteiger partial charge in [-0.05, 0) is 36.8 Å². The highest BCUT2D eigenvalue weighted by atomic mass is 32.2. The maximum Gasteiger partial charge on any atom is 0.313 e. The molecule has 1 aliphatic rings. The summed E-state index contributed by atoms with van der Waals surface area (Å²) < 4.78 is 1.63. The van der Waals surface area contributed by atoms with E-state index in [9.17, 15) is 9.59 Å². The van der Waals surface area contributed by atoms with Gasteiger partial charge in [0, 0.05) is 4.88 Å². The van der Waals surface area contributed by atoms with Crippen LogP contribution < -0.4 is 5.56 Å². The number of aromatic nitrogens is 2. The van der Waals surface area contributed by atoms with Crippen molar-refractivity contribution in [2.45, 2.75) is 37.4 Å². The zero-order valence-corrected chi connectivity index (χ0v) is 15.7. The first-order valence-electron chi connectivity index (χ1n) is 8.57. The van der Waals surface area contributed by atoms with Crippen molar-refractivity contribution in [3.63, 3.8) is 0 Å². The number of carbonyl (C=O) groups is 1. The molecule has 0 unspecified atom stereocenters. The molecule has 5 nitrogen and oxygen atoms in total. The smallest absolute Gasteiger partial charge is 0.313 e. The number of thioether (sulfide) groups is 1. The van der Waals surface area contributed by atoms with Gasteiger partial charge in [0.05, 0.1) is 17.7 Å². The third-order valence-corrected chi connectivity index (χ3v) is 6.69. The van der Waals surface area contributed by atoms with Crippen LogP contribution in [-0.2, 0) is 24.2 Å². The van der Waals surface area contributed by atoms with E-state index in [1.54, 1.807) is 15.9 Å². The van der Waals surface area contributed by atoms with Crippen LogP contribution in [0.3, 0.4) is 0 Å². The largest absolute Gasteiger partial charge is 0.481 e. The summed E-state index contributed by atoms with van der Waals surface area (Å²) in [5.74, 6) is -1.03.